The second-order valence-electron chi connectivity index (χ2n) is 4.94. The van der Waals surface area contributed by atoms with Crippen LogP contribution in [-0.2, 0) is 4.79 Å². The largest absolute Gasteiger partial charge is 0.357 e. The van der Waals surface area contributed by atoms with Crippen LogP contribution in [0.1, 0.15) is 40.0 Å². The normalized spacial score (nSPS) is 15.8. The number of unbranched alkanes of at least 4 members (excludes halogenated alkanes) is 2. The van der Waals surface area contributed by atoms with Gasteiger partial charge >= 0.3 is 0 Å². The lowest BCUT2D eigenvalue weighted by atomic mass is 10.2. The van der Waals surface area contributed by atoms with Gasteiger partial charge in [0.2, 0.25) is 5.91 Å². The van der Waals surface area contributed by atoms with Crippen LogP contribution < -0.4 is 5.32 Å². The van der Waals surface area contributed by atoms with E-state index in [4.69, 9.17) is 0 Å². The number of nitrogens with one attached hydrogen (secondary N) is 1. The van der Waals surface area contributed by atoms with Gasteiger partial charge in [0, 0.05) is 46.2 Å². The van der Waals surface area contributed by atoms with Gasteiger partial charge in [-0.1, -0.05) is 19.8 Å². The van der Waals surface area contributed by atoms with Crippen LogP contribution in [-0.4, -0.2) is 60.9 Å². The fourth-order valence-corrected chi connectivity index (χ4v) is 2.21. The lowest BCUT2D eigenvalue weighted by Gasteiger charge is -2.36. The first-order valence-electron chi connectivity index (χ1n) is 7.47. The first-order chi connectivity index (χ1) is 9.19. The van der Waals surface area contributed by atoms with Gasteiger partial charge in [0.1, 0.15) is 0 Å². The molecule has 1 heterocycles. The highest BCUT2D eigenvalue weighted by Gasteiger charge is 2.20. The Balaban J connectivity index is 0.00000361. The predicted octanol–water partition coefficient (Wildman–Crippen LogP) is 1.92. The van der Waals surface area contributed by atoms with Crippen LogP contribution in [0.15, 0.2) is 4.99 Å². The molecule has 0 saturated carbocycles. The molecule has 0 aromatic rings. The Morgan fingerprint density at radius 1 is 1.10 bits per heavy atom. The van der Waals surface area contributed by atoms with Crippen molar-refractivity contribution in [2.75, 3.05) is 39.3 Å². The van der Waals surface area contributed by atoms with Crippen molar-refractivity contribution in [1.29, 1.82) is 0 Å². The van der Waals surface area contributed by atoms with Gasteiger partial charge in [0.25, 0.3) is 0 Å². The van der Waals surface area contributed by atoms with Gasteiger partial charge in [-0.2, -0.15) is 0 Å². The second kappa shape index (κ2) is 11.2. The van der Waals surface area contributed by atoms with Gasteiger partial charge in [-0.3, -0.25) is 9.79 Å². The third-order valence-corrected chi connectivity index (χ3v) is 3.38. The molecule has 0 atom stereocenters. The molecule has 0 aromatic heterocycles. The van der Waals surface area contributed by atoms with Gasteiger partial charge in [0.15, 0.2) is 5.96 Å². The Morgan fingerprint density at radius 3 is 2.20 bits per heavy atom. The molecule has 0 unspecified atom stereocenters. The Bertz CT molecular complexity index is 302. The summed E-state index contributed by atoms with van der Waals surface area (Å²) < 4.78 is 0. The monoisotopic (exact) mass is 396 g/mol. The maximum Gasteiger partial charge on any atom is 0.219 e. The number of nitrogens with zero attached hydrogens (tertiary/aromatic N) is 3. The molecule has 0 aromatic carbocycles. The summed E-state index contributed by atoms with van der Waals surface area (Å²) >= 11 is 0. The zero-order valence-corrected chi connectivity index (χ0v) is 15.4. The molecule has 0 bridgehead atoms. The number of piperazine rings is 1. The molecular weight excluding hydrogens is 367 g/mol. The van der Waals surface area contributed by atoms with E-state index in [9.17, 15) is 4.79 Å². The molecule has 118 valence electrons. The summed E-state index contributed by atoms with van der Waals surface area (Å²) in [5.74, 6) is 1.17. The molecule has 0 aliphatic carbocycles. The highest BCUT2D eigenvalue weighted by Crippen LogP contribution is 2.03. The summed E-state index contributed by atoms with van der Waals surface area (Å²) in [6.07, 6.45) is 3.61. The molecule has 1 aliphatic rings. The second-order valence-corrected chi connectivity index (χ2v) is 4.94. The van der Waals surface area contributed by atoms with Crippen molar-refractivity contribution in [3.05, 3.63) is 0 Å². The zero-order valence-electron chi connectivity index (χ0n) is 13.0. The maximum atomic E-state index is 11.3. The molecule has 1 rings (SSSR count). The molecule has 0 spiro atoms. The number of aliphatic imine (C=N–C) groups is 1. The molecule has 1 amide bonds. The summed E-state index contributed by atoms with van der Waals surface area (Å²) in [6, 6.07) is 0. The van der Waals surface area contributed by atoms with Crippen LogP contribution in [0.5, 0.6) is 0 Å². The van der Waals surface area contributed by atoms with Crippen LogP contribution in [0.3, 0.4) is 0 Å². The van der Waals surface area contributed by atoms with Crippen molar-refractivity contribution in [1.82, 2.24) is 15.1 Å². The van der Waals surface area contributed by atoms with Crippen molar-refractivity contribution in [3.8, 4) is 0 Å². The molecule has 1 saturated heterocycles. The van der Waals surface area contributed by atoms with E-state index in [1.165, 1.54) is 12.8 Å². The Morgan fingerprint density at radius 2 is 1.70 bits per heavy atom. The average Bonchev–Trinajstić information content (AvgIpc) is 2.42. The minimum atomic E-state index is 0. The first-order valence-corrected chi connectivity index (χ1v) is 7.47. The van der Waals surface area contributed by atoms with Crippen molar-refractivity contribution in [3.63, 3.8) is 0 Å². The number of rotatable bonds is 5. The number of hydrogen-bond acceptors (Lipinski definition) is 2. The van der Waals surface area contributed by atoms with Crippen molar-refractivity contribution >= 4 is 35.8 Å². The summed E-state index contributed by atoms with van der Waals surface area (Å²) in [5.41, 5.74) is 0. The minimum absolute atomic E-state index is 0. The Hall–Kier alpha value is -0.530. The third-order valence-electron chi connectivity index (χ3n) is 3.38. The van der Waals surface area contributed by atoms with E-state index in [1.54, 1.807) is 6.92 Å². The topological polar surface area (TPSA) is 47.9 Å². The van der Waals surface area contributed by atoms with Crippen LogP contribution in [0, 0.1) is 0 Å². The number of hydrogen-bond donors (Lipinski definition) is 1. The van der Waals surface area contributed by atoms with E-state index in [2.05, 4.69) is 29.1 Å². The Labute approximate surface area is 140 Å². The van der Waals surface area contributed by atoms with Crippen molar-refractivity contribution in [2.24, 2.45) is 4.99 Å². The van der Waals surface area contributed by atoms with E-state index in [0.29, 0.717) is 0 Å². The lowest BCUT2D eigenvalue weighted by Crippen LogP contribution is -2.53. The molecule has 20 heavy (non-hydrogen) atoms. The van der Waals surface area contributed by atoms with Crippen molar-refractivity contribution in [2.45, 2.75) is 40.0 Å². The van der Waals surface area contributed by atoms with E-state index in [0.717, 1.165) is 51.6 Å². The molecule has 5 nitrogen and oxygen atoms in total. The molecule has 1 fully saturated rings. The van der Waals surface area contributed by atoms with Crippen LogP contribution >= 0.6 is 24.0 Å². The van der Waals surface area contributed by atoms with E-state index in [-0.39, 0.29) is 29.9 Å². The van der Waals surface area contributed by atoms with E-state index >= 15 is 0 Å². The molecule has 0 radical (unpaired) electrons. The summed E-state index contributed by atoms with van der Waals surface area (Å²) in [5, 5.41) is 3.35. The lowest BCUT2D eigenvalue weighted by molar-refractivity contribution is -0.130. The highest BCUT2D eigenvalue weighted by atomic mass is 127. The van der Waals surface area contributed by atoms with Gasteiger partial charge in [-0.05, 0) is 13.3 Å². The average molecular weight is 396 g/mol. The maximum absolute atomic E-state index is 11.3. The number of guanidine groups is 1. The standard InChI is InChI=1S/C14H28N4O.HI/c1-4-6-7-8-16-14(15-5-2)18-11-9-17(10-12-18)13(3)19;/h4-12H2,1-3H3,(H,15,16);1H. The van der Waals surface area contributed by atoms with E-state index < -0.39 is 0 Å². The quantitative estimate of drug-likeness (QED) is 0.334. The fraction of sp³-hybridized carbons (Fsp3) is 0.857. The highest BCUT2D eigenvalue weighted by molar-refractivity contribution is 14.0. The number of carbonyl (C=O) groups excluding carboxylic acids is 1. The Kier molecular flexibility index (Phi) is 10.9. The van der Waals surface area contributed by atoms with Crippen LogP contribution in [0.25, 0.3) is 0 Å². The number of halogens is 1. The third kappa shape index (κ3) is 6.76. The smallest absolute Gasteiger partial charge is 0.219 e. The van der Waals surface area contributed by atoms with Gasteiger partial charge in [-0.25, -0.2) is 0 Å². The molecular formula is C14H29IN4O. The summed E-state index contributed by atoms with van der Waals surface area (Å²) in [7, 11) is 0. The molecule has 1 aliphatic heterocycles. The zero-order chi connectivity index (χ0) is 14.1. The van der Waals surface area contributed by atoms with Crippen molar-refractivity contribution < 1.29 is 4.79 Å². The SMILES string of the molecule is CCCCCN=C(NCC)N1CCN(C(C)=O)CC1.I. The fourth-order valence-electron chi connectivity index (χ4n) is 2.21. The van der Waals surface area contributed by atoms with Crippen LogP contribution in [0.2, 0.25) is 0 Å². The number of carbonyl (C=O) groups is 1. The minimum Gasteiger partial charge on any atom is -0.357 e. The van der Waals surface area contributed by atoms with E-state index in [1.807, 2.05) is 4.90 Å². The van der Waals surface area contributed by atoms with Gasteiger partial charge in [-0.15, -0.1) is 24.0 Å². The van der Waals surface area contributed by atoms with Crippen LogP contribution in [0.4, 0.5) is 0 Å². The van der Waals surface area contributed by atoms with Gasteiger partial charge < -0.3 is 15.1 Å². The first kappa shape index (κ1) is 19.5. The molecule has 1 N–H and O–H groups in total. The van der Waals surface area contributed by atoms with Gasteiger partial charge in [0.05, 0.1) is 0 Å². The molecule has 6 heteroatoms. The summed E-state index contributed by atoms with van der Waals surface area (Å²) in [4.78, 5) is 20.1. The predicted molar refractivity (Wildman–Crippen MR) is 94.7 cm³/mol. The number of amides is 1. The summed E-state index contributed by atoms with van der Waals surface area (Å²) in [6.45, 7) is 11.1.